The highest BCUT2D eigenvalue weighted by Gasteiger charge is 2.09. The lowest BCUT2D eigenvalue weighted by Crippen LogP contribution is -2.12. The van der Waals surface area contributed by atoms with Gasteiger partial charge in [0, 0.05) is 11.8 Å². The SMILES string of the molecule is N#Cc1ccc(C(=O)Nc2cccnc2)cc1F. The summed E-state index contributed by atoms with van der Waals surface area (Å²) in [6.45, 7) is 0. The molecule has 1 N–H and O–H groups in total. The van der Waals surface area contributed by atoms with Crippen molar-refractivity contribution in [2.75, 3.05) is 5.32 Å². The molecule has 0 saturated carbocycles. The Balaban J connectivity index is 2.20. The van der Waals surface area contributed by atoms with Crippen LogP contribution < -0.4 is 5.32 Å². The molecular formula is C13H8FN3O. The number of anilines is 1. The second kappa shape index (κ2) is 5.06. The number of rotatable bonds is 2. The molecule has 4 nitrogen and oxygen atoms in total. The van der Waals surface area contributed by atoms with E-state index in [2.05, 4.69) is 10.3 Å². The Morgan fingerprint density at radius 1 is 1.39 bits per heavy atom. The van der Waals surface area contributed by atoms with E-state index in [9.17, 15) is 9.18 Å². The van der Waals surface area contributed by atoms with E-state index >= 15 is 0 Å². The van der Waals surface area contributed by atoms with Gasteiger partial charge in [0.05, 0.1) is 17.4 Å². The molecule has 0 saturated heterocycles. The van der Waals surface area contributed by atoms with E-state index in [1.54, 1.807) is 24.4 Å². The number of benzene rings is 1. The van der Waals surface area contributed by atoms with E-state index in [1.165, 1.54) is 18.3 Å². The summed E-state index contributed by atoms with van der Waals surface area (Å²) < 4.78 is 13.3. The minimum absolute atomic E-state index is 0.0899. The summed E-state index contributed by atoms with van der Waals surface area (Å²) in [5, 5.41) is 11.2. The van der Waals surface area contributed by atoms with Crippen LogP contribution in [0.4, 0.5) is 10.1 Å². The van der Waals surface area contributed by atoms with Crippen molar-refractivity contribution in [3.8, 4) is 6.07 Å². The predicted molar refractivity (Wildman–Crippen MR) is 63.3 cm³/mol. The van der Waals surface area contributed by atoms with Crippen LogP contribution in [0.5, 0.6) is 0 Å². The molecule has 0 aliphatic rings. The molecule has 0 aliphatic carbocycles. The summed E-state index contributed by atoms with van der Waals surface area (Å²) in [5.74, 6) is -1.16. The molecule has 0 spiro atoms. The van der Waals surface area contributed by atoms with E-state index in [4.69, 9.17) is 5.26 Å². The summed E-state index contributed by atoms with van der Waals surface area (Å²) in [7, 11) is 0. The fraction of sp³-hybridized carbons (Fsp3) is 0. The van der Waals surface area contributed by atoms with Crippen LogP contribution in [0.25, 0.3) is 0 Å². The molecule has 0 aliphatic heterocycles. The van der Waals surface area contributed by atoms with E-state index in [1.807, 2.05) is 0 Å². The zero-order valence-corrected chi connectivity index (χ0v) is 9.22. The number of nitrogens with zero attached hydrogens (tertiary/aromatic N) is 2. The molecule has 88 valence electrons. The number of aromatic nitrogens is 1. The van der Waals surface area contributed by atoms with Gasteiger partial charge in [-0.25, -0.2) is 4.39 Å². The Morgan fingerprint density at radius 3 is 2.83 bits per heavy atom. The highest BCUT2D eigenvalue weighted by molar-refractivity contribution is 6.04. The van der Waals surface area contributed by atoms with Gasteiger partial charge < -0.3 is 5.32 Å². The van der Waals surface area contributed by atoms with E-state index in [-0.39, 0.29) is 11.1 Å². The van der Waals surface area contributed by atoms with Crippen LogP contribution in [0.15, 0.2) is 42.7 Å². The van der Waals surface area contributed by atoms with Crippen molar-refractivity contribution in [2.24, 2.45) is 0 Å². The fourth-order valence-corrected chi connectivity index (χ4v) is 1.39. The average Bonchev–Trinajstić information content (AvgIpc) is 2.39. The number of amides is 1. The highest BCUT2D eigenvalue weighted by Crippen LogP contribution is 2.11. The number of nitrogens with one attached hydrogen (secondary N) is 1. The van der Waals surface area contributed by atoms with Crippen molar-refractivity contribution in [3.63, 3.8) is 0 Å². The first-order valence-corrected chi connectivity index (χ1v) is 5.12. The summed E-state index contributed by atoms with van der Waals surface area (Å²) in [4.78, 5) is 15.6. The summed E-state index contributed by atoms with van der Waals surface area (Å²) >= 11 is 0. The van der Waals surface area contributed by atoms with Gasteiger partial charge in [-0.05, 0) is 30.3 Å². The Labute approximate surface area is 103 Å². The predicted octanol–water partition coefficient (Wildman–Crippen LogP) is 2.34. The van der Waals surface area contributed by atoms with Gasteiger partial charge in [0.1, 0.15) is 11.9 Å². The average molecular weight is 241 g/mol. The number of carbonyl (C=O) groups is 1. The third kappa shape index (κ3) is 2.50. The molecular weight excluding hydrogens is 233 g/mol. The zero-order chi connectivity index (χ0) is 13.0. The number of carbonyl (C=O) groups excluding carboxylic acids is 1. The maximum absolute atomic E-state index is 13.3. The molecule has 18 heavy (non-hydrogen) atoms. The lowest BCUT2D eigenvalue weighted by atomic mass is 10.1. The van der Waals surface area contributed by atoms with Crippen LogP contribution in [0, 0.1) is 17.1 Å². The molecule has 1 aromatic carbocycles. The van der Waals surface area contributed by atoms with Crippen LogP contribution in [-0.2, 0) is 0 Å². The van der Waals surface area contributed by atoms with Crippen molar-refractivity contribution in [1.29, 1.82) is 5.26 Å². The number of hydrogen-bond donors (Lipinski definition) is 1. The first-order valence-electron chi connectivity index (χ1n) is 5.12. The first kappa shape index (κ1) is 11.7. The van der Waals surface area contributed by atoms with Gasteiger partial charge in [-0.15, -0.1) is 0 Å². The quantitative estimate of drug-likeness (QED) is 0.877. The minimum atomic E-state index is -0.712. The van der Waals surface area contributed by atoms with Gasteiger partial charge >= 0.3 is 0 Å². The van der Waals surface area contributed by atoms with Gasteiger partial charge in [-0.3, -0.25) is 9.78 Å². The van der Waals surface area contributed by atoms with Gasteiger partial charge in [-0.2, -0.15) is 5.26 Å². The summed E-state index contributed by atoms with van der Waals surface area (Å²) in [5.41, 5.74) is 0.579. The molecule has 0 fully saturated rings. The molecule has 1 heterocycles. The standard InChI is InChI=1S/C13H8FN3O/c14-12-6-9(3-4-10(12)7-15)13(18)17-11-2-1-5-16-8-11/h1-6,8H,(H,17,18). The molecule has 0 radical (unpaired) electrons. The van der Waals surface area contributed by atoms with Crippen LogP contribution in [0.2, 0.25) is 0 Å². The molecule has 1 amide bonds. The first-order chi connectivity index (χ1) is 8.70. The fourth-order valence-electron chi connectivity index (χ4n) is 1.39. The summed E-state index contributed by atoms with van der Waals surface area (Å²) in [6.07, 6.45) is 3.06. The lowest BCUT2D eigenvalue weighted by molar-refractivity contribution is 0.102. The Kier molecular flexibility index (Phi) is 3.30. The molecule has 0 atom stereocenters. The zero-order valence-electron chi connectivity index (χ0n) is 9.22. The second-order valence-electron chi connectivity index (χ2n) is 3.50. The van der Waals surface area contributed by atoms with E-state index < -0.39 is 11.7 Å². The van der Waals surface area contributed by atoms with Gasteiger partial charge in [0.15, 0.2) is 0 Å². The normalized spacial score (nSPS) is 9.56. The third-order valence-electron chi connectivity index (χ3n) is 2.27. The van der Waals surface area contributed by atoms with Gasteiger partial charge in [0.2, 0.25) is 0 Å². The third-order valence-corrected chi connectivity index (χ3v) is 2.27. The molecule has 5 heteroatoms. The van der Waals surface area contributed by atoms with Gasteiger partial charge in [0.25, 0.3) is 5.91 Å². The van der Waals surface area contributed by atoms with Crippen LogP contribution in [-0.4, -0.2) is 10.9 Å². The largest absolute Gasteiger partial charge is 0.321 e. The van der Waals surface area contributed by atoms with Crippen LogP contribution in [0.1, 0.15) is 15.9 Å². The van der Waals surface area contributed by atoms with Crippen molar-refractivity contribution >= 4 is 11.6 Å². The maximum atomic E-state index is 13.3. The monoisotopic (exact) mass is 241 g/mol. The Bertz CT molecular complexity index is 620. The maximum Gasteiger partial charge on any atom is 0.255 e. The molecule has 0 unspecified atom stereocenters. The lowest BCUT2D eigenvalue weighted by Gasteiger charge is -2.04. The second-order valence-corrected chi connectivity index (χ2v) is 3.50. The smallest absolute Gasteiger partial charge is 0.255 e. The molecule has 1 aromatic heterocycles. The van der Waals surface area contributed by atoms with Gasteiger partial charge in [-0.1, -0.05) is 0 Å². The van der Waals surface area contributed by atoms with Crippen LogP contribution in [0.3, 0.4) is 0 Å². The van der Waals surface area contributed by atoms with Crippen molar-refractivity contribution < 1.29 is 9.18 Å². The number of nitriles is 1. The Morgan fingerprint density at radius 2 is 2.22 bits per heavy atom. The van der Waals surface area contributed by atoms with E-state index in [0.29, 0.717) is 5.69 Å². The number of pyridine rings is 1. The van der Waals surface area contributed by atoms with Crippen LogP contribution >= 0.6 is 0 Å². The number of halogens is 1. The minimum Gasteiger partial charge on any atom is -0.321 e. The van der Waals surface area contributed by atoms with Crippen molar-refractivity contribution in [1.82, 2.24) is 4.98 Å². The van der Waals surface area contributed by atoms with E-state index in [0.717, 1.165) is 6.07 Å². The topological polar surface area (TPSA) is 65.8 Å². The summed E-state index contributed by atoms with van der Waals surface area (Å²) in [6, 6.07) is 8.74. The molecule has 2 rings (SSSR count). The van der Waals surface area contributed by atoms with Crippen molar-refractivity contribution in [3.05, 3.63) is 59.7 Å². The number of hydrogen-bond acceptors (Lipinski definition) is 3. The highest BCUT2D eigenvalue weighted by atomic mass is 19.1. The Hall–Kier alpha value is -2.74. The molecule has 2 aromatic rings. The molecule has 0 bridgehead atoms. The van der Waals surface area contributed by atoms with Crippen molar-refractivity contribution in [2.45, 2.75) is 0 Å².